The Bertz CT molecular complexity index is 406. The average Bonchev–Trinajstić information content (AvgIpc) is 2.74. The highest BCUT2D eigenvalue weighted by molar-refractivity contribution is 6.30. The Hall–Kier alpha value is -1.06. The Morgan fingerprint density at radius 3 is 2.93 bits per heavy atom. The quantitative estimate of drug-likeness (QED) is 0.843. The van der Waals surface area contributed by atoms with Crippen molar-refractivity contribution in [1.82, 2.24) is 0 Å². The van der Waals surface area contributed by atoms with Crippen LogP contribution in [0.4, 0.5) is 4.39 Å². The zero-order valence-electron chi connectivity index (χ0n) is 8.04. The molecule has 0 aromatic heterocycles. The van der Waals surface area contributed by atoms with Crippen LogP contribution in [0.2, 0.25) is 5.02 Å². The van der Waals surface area contributed by atoms with Crippen molar-refractivity contribution in [3.63, 3.8) is 0 Å². The Balaban J connectivity index is 2.32. The summed E-state index contributed by atoms with van der Waals surface area (Å²) in [6.07, 6.45) is 2.70. The van der Waals surface area contributed by atoms with Crippen molar-refractivity contribution in [2.45, 2.75) is 12.5 Å². The molecule has 1 heterocycles. The second-order valence-corrected chi connectivity index (χ2v) is 3.77. The normalized spacial score (nSPS) is 17.1. The second-order valence-electron chi connectivity index (χ2n) is 3.36. The van der Waals surface area contributed by atoms with Crippen LogP contribution in [-0.2, 0) is 4.74 Å². The van der Waals surface area contributed by atoms with E-state index in [9.17, 15) is 4.39 Å². The third kappa shape index (κ3) is 1.98. The summed E-state index contributed by atoms with van der Waals surface area (Å²) >= 11 is 5.67. The van der Waals surface area contributed by atoms with Crippen molar-refractivity contribution < 1.29 is 9.13 Å². The molecule has 0 amide bonds. The highest BCUT2D eigenvalue weighted by Crippen LogP contribution is 2.28. The minimum Gasteiger partial charge on any atom is -0.496 e. The van der Waals surface area contributed by atoms with Crippen molar-refractivity contribution in [3.8, 4) is 0 Å². The Labute approximate surface area is 92.5 Å². The van der Waals surface area contributed by atoms with Gasteiger partial charge in [0.2, 0.25) is 0 Å². The molecule has 80 valence electrons. The summed E-state index contributed by atoms with van der Waals surface area (Å²) in [6.45, 7) is 0.616. The molecule has 0 bridgehead atoms. The first-order valence-corrected chi connectivity index (χ1v) is 5.10. The van der Waals surface area contributed by atoms with Crippen LogP contribution < -0.4 is 5.73 Å². The van der Waals surface area contributed by atoms with Gasteiger partial charge in [0, 0.05) is 12.0 Å². The molecule has 1 atom stereocenters. The summed E-state index contributed by atoms with van der Waals surface area (Å²) in [6, 6.07) is 4.23. The van der Waals surface area contributed by atoms with Gasteiger partial charge in [-0.15, -0.1) is 0 Å². The average molecular weight is 228 g/mol. The van der Waals surface area contributed by atoms with Crippen LogP contribution in [0, 0.1) is 5.82 Å². The molecule has 15 heavy (non-hydrogen) atoms. The van der Waals surface area contributed by atoms with Gasteiger partial charge in [0.05, 0.1) is 17.7 Å². The van der Waals surface area contributed by atoms with Crippen molar-refractivity contribution in [3.05, 3.63) is 46.4 Å². The largest absolute Gasteiger partial charge is 0.496 e. The van der Waals surface area contributed by atoms with E-state index in [0.717, 1.165) is 6.42 Å². The van der Waals surface area contributed by atoms with Crippen molar-refractivity contribution in [2.24, 2.45) is 5.73 Å². The molecular weight excluding hydrogens is 217 g/mol. The molecule has 2 rings (SSSR count). The summed E-state index contributed by atoms with van der Waals surface area (Å²) in [5.41, 5.74) is 6.25. The number of nitrogens with two attached hydrogens (primary N) is 1. The van der Waals surface area contributed by atoms with Gasteiger partial charge in [-0.05, 0) is 12.1 Å². The van der Waals surface area contributed by atoms with E-state index in [0.29, 0.717) is 17.9 Å². The van der Waals surface area contributed by atoms with Gasteiger partial charge in [-0.25, -0.2) is 4.39 Å². The Kier molecular flexibility index (Phi) is 2.93. The Morgan fingerprint density at radius 2 is 2.27 bits per heavy atom. The van der Waals surface area contributed by atoms with E-state index in [-0.39, 0.29) is 5.02 Å². The van der Waals surface area contributed by atoms with Gasteiger partial charge in [-0.3, -0.25) is 0 Å². The zero-order chi connectivity index (χ0) is 10.8. The first-order valence-electron chi connectivity index (χ1n) is 4.72. The van der Waals surface area contributed by atoms with Gasteiger partial charge >= 0.3 is 0 Å². The molecule has 1 aliphatic rings. The number of benzene rings is 1. The maximum absolute atomic E-state index is 13.6. The molecule has 0 saturated heterocycles. The van der Waals surface area contributed by atoms with E-state index in [2.05, 4.69) is 0 Å². The molecule has 0 aliphatic carbocycles. The van der Waals surface area contributed by atoms with E-state index in [1.54, 1.807) is 12.1 Å². The lowest BCUT2D eigenvalue weighted by Crippen LogP contribution is -2.15. The summed E-state index contributed by atoms with van der Waals surface area (Å²) < 4.78 is 18.9. The highest BCUT2D eigenvalue weighted by Gasteiger charge is 2.20. The lowest BCUT2D eigenvalue weighted by molar-refractivity contribution is 0.224. The molecule has 2 N–H and O–H groups in total. The van der Waals surface area contributed by atoms with Gasteiger partial charge in [0.15, 0.2) is 0 Å². The molecule has 4 heteroatoms. The van der Waals surface area contributed by atoms with Crippen LogP contribution >= 0.6 is 11.6 Å². The van der Waals surface area contributed by atoms with Crippen LogP contribution in [0.5, 0.6) is 0 Å². The fraction of sp³-hybridized carbons (Fsp3) is 0.273. The van der Waals surface area contributed by atoms with E-state index in [4.69, 9.17) is 22.1 Å². The molecule has 0 saturated carbocycles. The predicted octanol–water partition coefficient (Wildman–Crippen LogP) is 2.78. The molecule has 0 radical (unpaired) electrons. The van der Waals surface area contributed by atoms with E-state index in [1.807, 2.05) is 6.08 Å². The van der Waals surface area contributed by atoms with Gasteiger partial charge < -0.3 is 10.5 Å². The molecule has 2 nitrogen and oxygen atoms in total. The molecule has 1 aliphatic heterocycles. The topological polar surface area (TPSA) is 35.2 Å². The smallest absolute Gasteiger partial charge is 0.147 e. The molecular formula is C11H11ClFNO. The van der Waals surface area contributed by atoms with Gasteiger partial charge in [-0.2, -0.15) is 0 Å². The summed E-state index contributed by atoms with van der Waals surface area (Å²) in [5, 5.41) is 0.0848. The van der Waals surface area contributed by atoms with E-state index in [1.165, 1.54) is 6.07 Å². The first kappa shape index (κ1) is 10.5. The number of hydrogen-bond donors (Lipinski definition) is 1. The van der Waals surface area contributed by atoms with Crippen molar-refractivity contribution in [1.29, 1.82) is 0 Å². The maximum atomic E-state index is 13.6. The number of rotatable bonds is 2. The molecule has 0 spiro atoms. The molecule has 1 unspecified atom stereocenters. The summed E-state index contributed by atoms with van der Waals surface area (Å²) in [7, 11) is 0. The van der Waals surface area contributed by atoms with Crippen LogP contribution in [0.3, 0.4) is 0 Å². The van der Waals surface area contributed by atoms with E-state index < -0.39 is 11.9 Å². The molecule has 1 aromatic rings. The third-order valence-electron chi connectivity index (χ3n) is 2.36. The maximum Gasteiger partial charge on any atom is 0.147 e. The van der Waals surface area contributed by atoms with Crippen LogP contribution in [0.15, 0.2) is 30.0 Å². The first-order chi connectivity index (χ1) is 7.20. The predicted molar refractivity (Wildman–Crippen MR) is 57.0 cm³/mol. The highest BCUT2D eigenvalue weighted by atomic mass is 35.5. The minimum absolute atomic E-state index is 0.0848. The van der Waals surface area contributed by atoms with Gasteiger partial charge in [0.25, 0.3) is 0 Å². The van der Waals surface area contributed by atoms with Crippen LogP contribution in [-0.4, -0.2) is 6.61 Å². The van der Waals surface area contributed by atoms with Crippen LogP contribution in [0.1, 0.15) is 18.0 Å². The standard InChI is InChI=1S/C11H11ClFNO/c12-8-4-1-3-7(10(8)13)11(14)9-5-2-6-15-9/h1,3-5,11H,2,6,14H2. The lowest BCUT2D eigenvalue weighted by Gasteiger charge is -2.14. The monoisotopic (exact) mass is 227 g/mol. The van der Waals surface area contributed by atoms with E-state index >= 15 is 0 Å². The SMILES string of the molecule is NC(C1=CCCO1)c1cccc(Cl)c1F. The van der Waals surface area contributed by atoms with Crippen molar-refractivity contribution >= 4 is 11.6 Å². The molecule has 1 aromatic carbocycles. The summed E-state index contributed by atoms with van der Waals surface area (Å²) in [4.78, 5) is 0. The van der Waals surface area contributed by atoms with Crippen LogP contribution in [0.25, 0.3) is 0 Å². The fourth-order valence-electron chi connectivity index (χ4n) is 1.57. The zero-order valence-corrected chi connectivity index (χ0v) is 8.80. The Morgan fingerprint density at radius 1 is 1.47 bits per heavy atom. The summed E-state index contributed by atoms with van der Waals surface area (Å²) in [5.74, 6) is 0.152. The number of ether oxygens (including phenoxy) is 1. The minimum atomic E-state index is -0.564. The number of halogens is 2. The van der Waals surface area contributed by atoms with Gasteiger partial charge in [-0.1, -0.05) is 23.7 Å². The third-order valence-corrected chi connectivity index (χ3v) is 2.65. The second kappa shape index (κ2) is 4.21. The van der Waals surface area contributed by atoms with Gasteiger partial charge in [0.1, 0.15) is 11.6 Å². The fourth-order valence-corrected chi connectivity index (χ4v) is 1.75. The molecule has 0 fully saturated rings. The lowest BCUT2D eigenvalue weighted by atomic mass is 10.1. The number of hydrogen-bond acceptors (Lipinski definition) is 2. The van der Waals surface area contributed by atoms with Crippen molar-refractivity contribution in [2.75, 3.05) is 6.61 Å².